The maximum atomic E-state index is 14.5. The monoisotopic (exact) mass is 761 g/mol. The molecule has 0 radical (unpaired) electrons. The summed E-state index contributed by atoms with van der Waals surface area (Å²) in [5.41, 5.74) is 1.65. The number of anilines is 1. The summed E-state index contributed by atoms with van der Waals surface area (Å²) in [6.45, 7) is 12.6. The number of carbonyl (C=O) groups is 1. The number of amides is 1. The molecule has 0 saturated carbocycles. The van der Waals surface area contributed by atoms with Gasteiger partial charge in [0.2, 0.25) is 10.0 Å². The van der Waals surface area contributed by atoms with Crippen LogP contribution in [0.15, 0.2) is 42.6 Å². The standard InChI is InChI=1S/C34H42ClF2N7O5SSi/c1-34(2,3)49-33(45)39-27(15-20-13-22(36)17-23(37)14-20)29-25(16-21-18-38-44(32(21)40-29)19-48-11-12-51(6,7)8)24-9-10-26(35)28-30(24)43(4)41-31(28)42-50(5,46)47/h9-10,13-14,16-18,27H,11-12,15,19H2,1-8H3,(H,39,45)(H,41,42). The number of hydrogen-bond acceptors (Lipinski definition) is 8. The average Bonchev–Trinajstić information content (AvgIpc) is 3.51. The Labute approximate surface area is 301 Å². The first-order valence-electron chi connectivity index (χ1n) is 16.2. The SMILES string of the molecule is Cn1nc(NS(C)(=O)=O)c2c(Cl)ccc(-c3cc4cnn(COCC[Si](C)(C)C)c4nc3C(Cc3cc(F)cc(F)c3)NC(=O)OC(C)(C)C)c21. The number of hydrogen-bond donors (Lipinski definition) is 2. The van der Waals surface area contributed by atoms with Gasteiger partial charge < -0.3 is 14.8 Å². The van der Waals surface area contributed by atoms with E-state index in [4.69, 9.17) is 26.1 Å². The molecule has 2 N–H and O–H groups in total. The number of sulfonamides is 1. The Morgan fingerprint density at radius 1 is 1.08 bits per heavy atom. The number of benzene rings is 2. The van der Waals surface area contributed by atoms with Crippen molar-refractivity contribution >= 4 is 63.5 Å². The number of rotatable bonds is 12. The fraction of sp³-hybridized carbons (Fsp3) is 0.412. The third kappa shape index (κ3) is 9.61. The highest BCUT2D eigenvalue weighted by Crippen LogP contribution is 2.41. The first-order chi connectivity index (χ1) is 23.7. The molecule has 2 aromatic carbocycles. The Balaban J connectivity index is 1.74. The van der Waals surface area contributed by atoms with Crippen LogP contribution in [0.5, 0.6) is 0 Å². The number of pyridine rings is 1. The molecule has 0 bridgehead atoms. The van der Waals surface area contributed by atoms with Crippen molar-refractivity contribution < 1.29 is 31.5 Å². The van der Waals surface area contributed by atoms with Crippen molar-refractivity contribution in [2.75, 3.05) is 17.6 Å². The molecule has 0 aliphatic rings. The maximum absolute atomic E-state index is 14.5. The third-order valence-corrected chi connectivity index (χ3v) is 10.3. The van der Waals surface area contributed by atoms with Gasteiger partial charge in [0.1, 0.15) is 24.0 Å². The summed E-state index contributed by atoms with van der Waals surface area (Å²) in [4.78, 5) is 18.4. The van der Waals surface area contributed by atoms with E-state index in [-0.39, 0.29) is 29.6 Å². The van der Waals surface area contributed by atoms with E-state index >= 15 is 0 Å². The van der Waals surface area contributed by atoms with Gasteiger partial charge in [0.15, 0.2) is 11.5 Å². The number of halogens is 3. The number of aryl methyl sites for hydroxylation is 1. The second-order valence-electron chi connectivity index (χ2n) is 14.7. The molecule has 12 nitrogen and oxygen atoms in total. The van der Waals surface area contributed by atoms with Gasteiger partial charge in [0, 0.05) is 44.3 Å². The molecule has 1 amide bonds. The summed E-state index contributed by atoms with van der Waals surface area (Å²) in [6, 6.07) is 8.27. The van der Waals surface area contributed by atoms with Crippen molar-refractivity contribution in [2.24, 2.45) is 7.05 Å². The minimum Gasteiger partial charge on any atom is -0.444 e. The summed E-state index contributed by atoms with van der Waals surface area (Å²) in [5.74, 6) is -1.53. The van der Waals surface area contributed by atoms with Gasteiger partial charge in [0.05, 0.1) is 40.1 Å². The van der Waals surface area contributed by atoms with E-state index < -0.39 is 47.5 Å². The number of carbonyl (C=O) groups excluding carboxylic acids is 1. The predicted octanol–water partition coefficient (Wildman–Crippen LogP) is 7.41. The maximum Gasteiger partial charge on any atom is 0.408 e. The zero-order chi connectivity index (χ0) is 37.5. The molecule has 17 heteroatoms. The van der Waals surface area contributed by atoms with E-state index in [1.165, 1.54) is 16.8 Å². The third-order valence-electron chi connectivity index (χ3n) is 7.74. The largest absolute Gasteiger partial charge is 0.444 e. The number of nitrogens with one attached hydrogen (secondary N) is 2. The number of fused-ring (bicyclic) bond motifs is 2. The minimum absolute atomic E-state index is 0.0272. The number of nitrogens with zero attached hydrogens (tertiary/aromatic N) is 5. The van der Waals surface area contributed by atoms with E-state index in [1.807, 2.05) is 6.07 Å². The van der Waals surface area contributed by atoms with Gasteiger partial charge in [-0.05, 0) is 63.1 Å². The molecule has 3 heterocycles. The molecule has 3 aromatic heterocycles. The average molecular weight is 762 g/mol. The molecular weight excluding hydrogens is 720 g/mol. The second kappa shape index (κ2) is 14.5. The van der Waals surface area contributed by atoms with E-state index in [1.54, 1.807) is 50.8 Å². The Kier molecular flexibility index (Phi) is 10.8. The van der Waals surface area contributed by atoms with Crippen LogP contribution in [0.1, 0.15) is 38.1 Å². The molecule has 1 unspecified atom stereocenters. The fourth-order valence-electron chi connectivity index (χ4n) is 5.60. The van der Waals surface area contributed by atoms with Crippen molar-refractivity contribution in [3.63, 3.8) is 0 Å². The van der Waals surface area contributed by atoms with Gasteiger partial charge in [-0.15, -0.1) is 0 Å². The van der Waals surface area contributed by atoms with Gasteiger partial charge in [-0.25, -0.2) is 31.7 Å². The summed E-state index contributed by atoms with van der Waals surface area (Å²) < 4.78 is 70.5. The van der Waals surface area contributed by atoms with Crippen molar-refractivity contribution in [1.29, 1.82) is 0 Å². The van der Waals surface area contributed by atoms with E-state index in [0.29, 0.717) is 45.4 Å². The molecule has 0 aliphatic carbocycles. The smallest absolute Gasteiger partial charge is 0.408 e. The molecular formula is C34H42ClF2N7O5SSi. The van der Waals surface area contributed by atoms with E-state index in [2.05, 4.69) is 39.9 Å². The Hall–Kier alpha value is -4.12. The van der Waals surface area contributed by atoms with Crippen molar-refractivity contribution in [1.82, 2.24) is 29.9 Å². The molecule has 0 fully saturated rings. The lowest BCUT2D eigenvalue weighted by Gasteiger charge is -2.25. The number of aromatic nitrogens is 5. The summed E-state index contributed by atoms with van der Waals surface area (Å²) in [7, 11) is -3.44. The Morgan fingerprint density at radius 3 is 2.39 bits per heavy atom. The van der Waals surface area contributed by atoms with E-state index in [9.17, 15) is 22.0 Å². The minimum atomic E-state index is -3.73. The van der Waals surface area contributed by atoms with Crippen LogP contribution in [0.25, 0.3) is 33.1 Å². The predicted molar refractivity (Wildman–Crippen MR) is 197 cm³/mol. The topological polar surface area (TPSA) is 142 Å². The Bertz CT molecular complexity index is 2190. The first kappa shape index (κ1) is 38.1. The highest BCUT2D eigenvalue weighted by molar-refractivity contribution is 7.92. The van der Waals surface area contributed by atoms with Crippen LogP contribution in [0.4, 0.5) is 19.4 Å². The first-order valence-corrected chi connectivity index (χ1v) is 22.2. The normalized spacial score (nSPS) is 13.2. The zero-order valence-electron chi connectivity index (χ0n) is 29.8. The van der Waals surface area contributed by atoms with Crippen LogP contribution < -0.4 is 10.0 Å². The lowest BCUT2D eigenvalue weighted by Crippen LogP contribution is -2.36. The van der Waals surface area contributed by atoms with Crippen LogP contribution >= 0.6 is 11.6 Å². The van der Waals surface area contributed by atoms with Crippen molar-refractivity contribution in [2.45, 2.75) is 71.3 Å². The van der Waals surface area contributed by atoms with Crippen LogP contribution in [-0.2, 0) is 39.7 Å². The molecule has 5 aromatic rings. The van der Waals surface area contributed by atoms with Crippen LogP contribution in [-0.4, -0.2) is 65.6 Å². The molecule has 274 valence electrons. The quantitative estimate of drug-likeness (QED) is 0.0989. The van der Waals surface area contributed by atoms with E-state index in [0.717, 1.165) is 18.4 Å². The van der Waals surface area contributed by atoms with Crippen LogP contribution in [0, 0.1) is 11.6 Å². The summed E-state index contributed by atoms with van der Waals surface area (Å²) >= 11 is 6.65. The molecule has 0 spiro atoms. The fourth-order valence-corrected chi connectivity index (χ4v) is 7.09. The van der Waals surface area contributed by atoms with Crippen molar-refractivity contribution in [3.05, 3.63) is 70.5 Å². The molecule has 51 heavy (non-hydrogen) atoms. The zero-order valence-corrected chi connectivity index (χ0v) is 32.3. The summed E-state index contributed by atoms with van der Waals surface area (Å²) in [5, 5.41) is 13.0. The van der Waals surface area contributed by atoms with Gasteiger partial charge in [-0.3, -0.25) is 9.40 Å². The highest BCUT2D eigenvalue weighted by atomic mass is 35.5. The van der Waals surface area contributed by atoms with Gasteiger partial charge in [-0.1, -0.05) is 37.3 Å². The highest BCUT2D eigenvalue weighted by Gasteiger charge is 2.28. The van der Waals surface area contributed by atoms with Crippen LogP contribution in [0.2, 0.25) is 30.7 Å². The van der Waals surface area contributed by atoms with Crippen LogP contribution in [0.3, 0.4) is 0 Å². The summed E-state index contributed by atoms with van der Waals surface area (Å²) in [6.07, 6.45) is 1.80. The Morgan fingerprint density at radius 2 is 1.76 bits per heavy atom. The van der Waals surface area contributed by atoms with Gasteiger partial charge >= 0.3 is 6.09 Å². The van der Waals surface area contributed by atoms with Crippen molar-refractivity contribution in [3.8, 4) is 11.1 Å². The molecule has 0 aliphatic heterocycles. The van der Waals surface area contributed by atoms with Gasteiger partial charge in [-0.2, -0.15) is 10.2 Å². The van der Waals surface area contributed by atoms with Gasteiger partial charge in [0.25, 0.3) is 0 Å². The lowest BCUT2D eigenvalue weighted by molar-refractivity contribution is 0.0502. The molecule has 0 saturated heterocycles. The number of ether oxygens (including phenoxy) is 2. The molecule has 1 atom stereocenters. The molecule has 5 rings (SSSR count). The lowest BCUT2D eigenvalue weighted by atomic mass is 9.93. The number of alkyl carbamates (subject to hydrolysis) is 1. The second-order valence-corrected chi connectivity index (χ2v) is 22.4.